The zero-order valence-electron chi connectivity index (χ0n) is 14.9. The summed E-state index contributed by atoms with van der Waals surface area (Å²) in [7, 11) is -3.73. The summed E-state index contributed by atoms with van der Waals surface area (Å²) in [6, 6.07) is 5.92. The third-order valence-electron chi connectivity index (χ3n) is 4.54. The van der Waals surface area contributed by atoms with Gasteiger partial charge in [0, 0.05) is 13.1 Å². The van der Waals surface area contributed by atoms with Crippen molar-refractivity contribution in [2.75, 3.05) is 19.6 Å². The lowest BCUT2D eigenvalue weighted by molar-refractivity contribution is -0.134. The Morgan fingerprint density at radius 2 is 1.80 bits per heavy atom. The third-order valence-corrected chi connectivity index (χ3v) is 6.03. The van der Waals surface area contributed by atoms with Crippen LogP contribution in [0.2, 0.25) is 0 Å². The molecule has 1 aliphatic rings. The van der Waals surface area contributed by atoms with Gasteiger partial charge in [-0.15, -0.1) is 0 Å². The first-order valence-electron chi connectivity index (χ1n) is 9.02. The van der Waals surface area contributed by atoms with Crippen molar-refractivity contribution in [2.45, 2.75) is 56.4 Å². The lowest BCUT2D eigenvalue weighted by Gasteiger charge is -2.30. The summed E-state index contributed by atoms with van der Waals surface area (Å²) in [5.74, 6) is -0.118. The number of aryl methyl sites for hydroxylation is 1. The van der Waals surface area contributed by atoms with E-state index in [0.29, 0.717) is 26.1 Å². The number of hydrogen-bond donors (Lipinski definition) is 2. The van der Waals surface area contributed by atoms with Crippen LogP contribution in [0, 0.1) is 6.92 Å². The number of carbonyl (C=O) groups is 1. The Bertz CT molecular complexity index is 653. The fourth-order valence-corrected chi connectivity index (χ4v) is 4.26. The van der Waals surface area contributed by atoms with Crippen molar-refractivity contribution < 1.29 is 13.2 Å². The molecule has 1 atom stereocenters. The Kier molecular flexibility index (Phi) is 7.40. The Hall–Kier alpha value is -1.44. The Balaban J connectivity index is 2.13. The molecule has 0 radical (unpaired) electrons. The fraction of sp³-hybridized carbons (Fsp3) is 0.611. The summed E-state index contributed by atoms with van der Waals surface area (Å²) in [6.45, 7) is 3.85. The van der Waals surface area contributed by atoms with Crippen molar-refractivity contribution in [1.29, 1.82) is 0 Å². The molecule has 1 aliphatic heterocycles. The molecule has 1 aromatic carbocycles. The van der Waals surface area contributed by atoms with Gasteiger partial charge in [-0.1, -0.05) is 24.1 Å². The van der Waals surface area contributed by atoms with Crippen LogP contribution in [0.1, 0.15) is 44.1 Å². The van der Waals surface area contributed by atoms with E-state index in [-0.39, 0.29) is 10.8 Å². The second-order valence-electron chi connectivity index (χ2n) is 6.66. The Labute approximate surface area is 150 Å². The minimum Gasteiger partial charge on any atom is -0.341 e. The maximum atomic E-state index is 12.8. The molecule has 1 saturated heterocycles. The number of piperidine rings is 1. The van der Waals surface area contributed by atoms with Gasteiger partial charge in [0.2, 0.25) is 15.9 Å². The molecule has 2 rings (SSSR count). The zero-order valence-corrected chi connectivity index (χ0v) is 15.7. The number of carbonyl (C=O) groups excluding carboxylic acids is 1. The van der Waals surface area contributed by atoms with Gasteiger partial charge in [-0.2, -0.15) is 4.72 Å². The van der Waals surface area contributed by atoms with E-state index in [1.165, 1.54) is 0 Å². The number of nitrogens with one attached hydrogen (secondary N) is 1. The van der Waals surface area contributed by atoms with Crippen LogP contribution in [0.4, 0.5) is 0 Å². The maximum absolute atomic E-state index is 12.8. The van der Waals surface area contributed by atoms with Crippen LogP contribution in [0.15, 0.2) is 29.2 Å². The average molecular weight is 368 g/mol. The van der Waals surface area contributed by atoms with Crippen LogP contribution in [0.25, 0.3) is 0 Å². The molecule has 1 heterocycles. The standard InChI is InChI=1S/C18H29N3O3S/c1-15-8-10-16(11-9-15)25(23,24)20-17(7-3-4-12-19)18(22)21-13-5-2-6-14-21/h8-11,17,20H,2-7,12-14,19H2,1H3. The monoisotopic (exact) mass is 367 g/mol. The van der Waals surface area contributed by atoms with Crippen LogP contribution in [0.5, 0.6) is 0 Å². The second kappa shape index (κ2) is 9.31. The number of unbranched alkanes of at least 4 members (excludes halogenated alkanes) is 1. The molecule has 7 heteroatoms. The minimum absolute atomic E-state index is 0.118. The zero-order chi connectivity index (χ0) is 18.3. The lowest BCUT2D eigenvalue weighted by Crippen LogP contribution is -2.49. The molecule has 0 saturated carbocycles. The van der Waals surface area contributed by atoms with Gasteiger partial charge in [0.05, 0.1) is 4.90 Å². The first kappa shape index (κ1) is 19.9. The molecule has 140 valence electrons. The number of likely N-dealkylation sites (tertiary alicyclic amines) is 1. The number of benzene rings is 1. The Morgan fingerprint density at radius 1 is 1.16 bits per heavy atom. The summed E-state index contributed by atoms with van der Waals surface area (Å²) in [5.41, 5.74) is 6.52. The molecule has 1 aromatic rings. The van der Waals surface area contributed by atoms with Crippen molar-refractivity contribution in [2.24, 2.45) is 5.73 Å². The van der Waals surface area contributed by atoms with Crippen molar-refractivity contribution in [3.8, 4) is 0 Å². The van der Waals surface area contributed by atoms with E-state index in [4.69, 9.17) is 5.73 Å². The Morgan fingerprint density at radius 3 is 2.40 bits per heavy atom. The highest BCUT2D eigenvalue weighted by Gasteiger charge is 2.29. The topological polar surface area (TPSA) is 92.5 Å². The third kappa shape index (κ3) is 5.80. The van der Waals surface area contributed by atoms with E-state index >= 15 is 0 Å². The van der Waals surface area contributed by atoms with Crippen molar-refractivity contribution >= 4 is 15.9 Å². The molecule has 1 unspecified atom stereocenters. The minimum atomic E-state index is -3.73. The van der Waals surface area contributed by atoms with Gasteiger partial charge < -0.3 is 10.6 Å². The van der Waals surface area contributed by atoms with E-state index in [9.17, 15) is 13.2 Å². The first-order valence-corrected chi connectivity index (χ1v) is 10.5. The van der Waals surface area contributed by atoms with Crippen LogP contribution >= 0.6 is 0 Å². The predicted octanol–water partition coefficient (Wildman–Crippen LogP) is 1.78. The van der Waals surface area contributed by atoms with Crippen LogP contribution in [-0.2, 0) is 14.8 Å². The highest BCUT2D eigenvalue weighted by molar-refractivity contribution is 7.89. The van der Waals surface area contributed by atoms with Gasteiger partial charge in [0.1, 0.15) is 6.04 Å². The molecule has 0 bridgehead atoms. The number of nitrogens with two attached hydrogens (primary N) is 1. The van der Waals surface area contributed by atoms with E-state index in [0.717, 1.165) is 37.7 Å². The molecule has 25 heavy (non-hydrogen) atoms. The molecule has 6 nitrogen and oxygen atoms in total. The fourth-order valence-electron chi connectivity index (χ4n) is 3.03. The summed E-state index contributed by atoms with van der Waals surface area (Å²) in [5, 5.41) is 0. The molecular weight excluding hydrogens is 338 g/mol. The van der Waals surface area contributed by atoms with Gasteiger partial charge in [-0.3, -0.25) is 4.79 Å². The van der Waals surface area contributed by atoms with E-state index in [1.807, 2.05) is 6.92 Å². The number of nitrogens with zero attached hydrogens (tertiary/aromatic N) is 1. The van der Waals surface area contributed by atoms with Gasteiger partial charge >= 0.3 is 0 Å². The summed E-state index contributed by atoms with van der Waals surface area (Å²) < 4.78 is 28.0. The summed E-state index contributed by atoms with van der Waals surface area (Å²) in [4.78, 5) is 14.8. The molecular formula is C18H29N3O3S. The van der Waals surface area contributed by atoms with Gasteiger partial charge in [0.15, 0.2) is 0 Å². The summed E-state index contributed by atoms with van der Waals surface area (Å²) in [6.07, 6.45) is 5.04. The molecule has 3 N–H and O–H groups in total. The van der Waals surface area contributed by atoms with Crippen LogP contribution in [0.3, 0.4) is 0 Å². The maximum Gasteiger partial charge on any atom is 0.241 e. The normalized spacial score (nSPS) is 16.6. The number of amides is 1. The quantitative estimate of drug-likeness (QED) is 0.685. The average Bonchev–Trinajstić information content (AvgIpc) is 2.61. The first-order chi connectivity index (χ1) is 11.9. The van der Waals surface area contributed by atoms with Gasteiger partial charge in [-0.25, -0.2) is 8.42 Å². The highest BCUT2D eigenvalue weighted by atomic mass is 32.2. The van der Waals surface area contributed by atoms with Crippen molar-refractivity contribution in [1.82, 2.24) is 9.62 Å². The van der Waals surface area contributed by atoms with Crippen molar-refractivity contribution in [3.63, 3.8) is 0 Å². The molecule has 1 fully saturated rings. The second-order valence-corrected chi connectivity index (χ2v) is 8.37. The van der Waals surface area contributed by atoms with Crippen LogP contribution < -0.4 is 10.5 Å². The van der Waals surface area contributed by atoms with Crippen molar-refractivity contribution in [3.05, 3.63) is 29.8 Å². The number of sulfonamides is 1. The van der Waals surface area contributed by atoms with Crippen LogP contribution in [-0.4, -0.2) is 44.9 Å². The van der Waals surface area contributed by atoms with E-state index < -0.39 is 16.1 Å². The smallest absolute Gasteiger partial charge is 0.241 e. The largest absolute Gasteiger partial charge is 0.341 e. The SMILES string of the molecule is Cc1ccc(S(=O)(=O)NC(CCCCN)C(=O)N2CCCCC2)cc1. The molecule has 1 amide bonds. The van der Waals surface area contributed by atoms with Gasteiger partial charge in [-0.05, 0) is 57.7 Å². The molecule has 0 aliphatic carbocycles. The molecule has 0 spiro atoms. The summed E-state index contributed by atoms with van der Waals surface area (Å²) >= 11 is 0. The molecule has 0 aromatic heterocycles. The predicted molar refractivity (Wildman–Crippen MR) is 98.6 cm³/mol. The van der Waals surface area contributed by atoms with Gasteiger partial charge in [0.25, 0.3) is 0 Å². The highest BCUT2D eigenvalue weighted by Crippen LogP contribution is 2.16. The lowest BCUT2D eigenvalue weighted by atomic mass is 10.1. The number of hydrogen-bond acceptors (Lipinski definition) is 4. The van der Waals surface area contributed by atoms with E-state index in [1.54, 1.807) is 29.2 Å². The number of rotatable bonds is 8. The van der Waals surface area contributed by atoms with E-state index in [2.05, 4.69) is 4.72 Å².